The normalized spacial score (nSPS) is 13.2. The summed E-state index contributed by atoms with van der Waals surface area (Å²) in [5.41, 5.74) is 13.0. The molecule has 0 atom stereocenters. The zero-order valence-electron chi connectivity index (χ0n) is 31.2. The van der Waals surface area contributed by atoms with Crippen LogP contribution in [0.3, 0.4) is 0 Å². The second-order valence-corrected chi connectivity index (χ2v) is 16.0. The molecule has 8 aromatic carbocycles. The number of hydrogen-bond donors (Lipinski definition) is 0. The maximum Gasteiger partial charge on any atom is 0.164 e. The Bertz CT molecular complexity index is 3230. The van der Waals surface area contributed by atoms with Crippen molar-refractivity contribution in [3.8, 4) is 56.4 Å². The van der Waals surface area contributed by atoms with Crippen LogP contribution in [0.2, 0.25) is 0 Å². The predicted molar refractivity (Wildman–Crippen MR) is 236 cm³/mol. The lowest BCUT2D eigenvalue weighted by atomic mass is 9.67. The molecule has 0 amide bonds. The number of aromatic nitrogens is 4. The quantitative estimate of drug-likeness (QED) is 0.179. The zero-order valence-corrected chi connectivity index (χ0v) is 32.0. The van der Waals surface area contributed by atoms with Gasteiger partial charge < -0.3 is 0 Å². The minimum absolute atomic E-state index is 0.596. The number of fused-ring (bicyclic) bond motifs is 11. The van der Waals surface area contributed by atoms with Gasteiger partial charge in [-0.3, -0.25) is 4.98 Å². The lowest BCUT2D eigenvalue weighted by molar-refractivity contribution is 0.722. The van der Waals surface area contributed by atoms with Crippen molar-refractivity contribution in [1.82, 2.24) is 19.9 Å². The standard InChI is InChI=1S/C53H32N4S/c1-2-14-35(15-3-1)50-55-51(57-52(56-50)42-21-10-16-33-13-4-5-19-38(33)42)37-27-29-41-40-28-26-36(39-20-11-17-34-18-12-30-54-49(34)39)31-45(40)53(46(41)32-37)43-22-6-8-24-47(43)58-48-25-9-7-23-44(48)53/h1-32H. The molecule has 10 aromatic rings. The Morgan fingerprint density at radius 3 is 1.71 bits per heavy atom. The first kappa shape index (κ1) is 33.0. The van der Waals surface area contributed by atoms with Crippen molar-refractivity contribution in [2.45, 2.75) is 15.2 Å². The van der Waals surface area contributed by atoms with Crippen LogP contribution in [0.4, 0.5) is 0 Å². The summed E-state index contributed by atoms with van der Waals surface area (Å²) < 4.78 is 0. The highest BCUT2D eigenvalue weighted by atomic mass is 32.2. The highest BCUT2D eigenvalue weighted by molar-refractivity contribution is 7.99. The van der Waals surface area contributed by atoms with Crippen LogP contribution in [-0.2, 0) is 5.41 Å². The third kappa shape index (κ3) is 4.90. The summed E-state index contributed by atoms with van der Waals surface area (Å²) in [5, 5.41) is 3.38. The molecule has 5 heteroatoms. The van der Waals surface area contributed by atoms with Gasteiger partial charge in [-0.05, 0) is 80.0 Å². The minimum atomic E-state index is -0.596. The summed E-state index contributed by atoms with van der Waals surface area (Å²) in [6.07, 6.45) is 1.89. The molecule has 0 unspecified atom stereocenters. The van der Waals surface area contributed by atoms with Crippen molar-refractivity contribution in [2.75, 3.05) is 0 Å². The van der Waals surface area contributed by atoms with Gasteiger partial charge in [0.15, 0.2) is 17.5 Å². The highest BCUT2D eigenvalue weighted by Gasteiger charge is 2.50. The van der Waals surface area contributed by atoms with Crippen molar-refractivity contribution in [2.24, 2.45) is 0 Å². The molecular weight excluding hydrogens is 725 g/mol. The van der Waals surface area contributed by atoms with Crippen LogP contribution in [-0.4, -0.2) is 19.9 Å². The van der Waals surface area contributed by atoms with E-state index >= 15 is 0 Å². The number of hydrogen-bond acceptors (Lipinski definition) is 5. The van der Waals surface area contributed by atoms with Crippen LogP contribution in [0.15, 0.2) is 204 Å². The van der Waals surface area contributed by atoms with Crippen molar-refractivity contribution in [1.29, 1.82) is 0 Å². The molecule has 58 heavy (non-hydrogen) atoms. The second-order valence-electron chi connectivity index (χ2n) is 14.9. The van der Waals surface area contributed by atoms with Crippen molar-refractivity contribution < 1.29 is 0 Å². The fraction of sp³-hybridized carbons (Fsp3) is 0.0189. The predicted octanol–water partition coefficient (Wildman–Crippen LogP) is 13.1. The summed E-state index contributed by atoms with van der Waals surface area (Å²) in [6.45, 7) is 0. The van der Waals surface area contributed by atoms with Gasteiger partial charge in [0.25, 0.3) is 0 Å². The van der Waals surface area contributed by atoms with E-state index in [1.165, 1.54) is 43.2 Å². The zero-order chi connectivity index (χ0) is 38.2. The van der Waals surface area contributed by atoms with E-state index in [4.69, 9.17) is 19.9 Å². The maximum absolute atomic E-state index is 5.30. The molecule has 12 rings (SSSR count). The Hall–Kier alpha value is -7.21. The van der Waals surface area contributed by atoms with Crippen LogP contribution < -0.4 is 0 Å². The van der Waals surface area contributed by atoms with E-state index in [1.807, 2.05) is 42.2 Å². The van der Waals surface area contributed by atoms with Crippen LogP contribution >= 0.6 is 11.8 Å². The molecule has 1 aliphatic carbocycles. The number of para-hydroxylation sites is 1. The number of pyridine rings is 1. The van der Waals surface area contributed by atoms with Crippen molar-refractivity contribution in [3.05, 3.63) is 217 Å². The van der Waals surface area contributed by atoms with Gasteiger partial charge in [0, 0.05) is 43.6 Å². The molecule has 2 aliphatic rings. The van der Waals surface area contributed by atoms with E-state index in [2.05, 4.69) is 164 Å². The molecule has 0 saturated carbocycles. The first-order valence-corrected chi connectivity index (χ1v) is 20.4. The Morgan fingerprint density at radius 1 is 0.362 bits per heavy atom. The Labute approximate surface area is 340 Å². The topological polar surface area (TPSA) is 51.6 Å². The molecule has 270 valence electrons. The second kappa shape index (κ2) is 12.9. The van der Waals surface area contributed by atoms with E-state index < -0.39 is 5.41 Å². The summed E-state index contributed by atoms with van der Waals surface area (Å²) in [5.74, 6) is 1.93. The lowest BCUT2D eigenvalue weighted by Crippen LogP contribution is -2.32. The van der Waals surface area contributed by atoms with E-state index in [9.17, 15) is 0 Å². The van der Waals surface area contributed by atoms with Crippen molar-refractivity contribution in [3.63, 3.8) is 0 Å². The molecule has 1 aliphatic heterocycles. The Morgan fingerprint density at radius 2 is 0.931 bits per heavy atom. The first-order valence-electron chi connectivity index (χ1n) is 19.5. The average molecular weight is 757 g/mol. The van der Waals surface area contributed by atoms with Crippen molar-refractivity contribution >= 4 is 33.4 Å². The van der Waals surface area contributed by atoms with Gasteiger partial charge in [0.05, 0.1) is 10.9 Å². The lowest BCUT2D eigenvalue weighted by Gasteiger charge is -2.39. The van der Waals surface area contributed by atoms with E-state index in [0.717, 1.165) is 49.5 Å². The third-order valence-electron chi connectivity index (χ3n) is 11.8. The molecule has 0 radical (unpaired) electrons. The molecule has 1 spiro atoms. The summed E-state index contributed by atoms with van der Waals surface area (Å²) in [4.78, 5) is 23.0. The number of rotatable bonds is 4. The van der Waals surface area contributed by atoms with E-state index in [1.54, 1.807) is 0 Å². The van der Waals surface area contributed by atoms with Gasteiger partial charge in [0.1, 0.15) is 0 Å². The van der Waals surface area contributed by atoms with Gasteiger partial charge in [-0.15, -0.1) is 0 Å². The minimum Gasteiger partial charge on any atom is -0.256 e. The highest BCUT2D eigenvalue weighted by Crippen LogP contribution is 2.63. The van der Waals surface area contributed by atoms with Gasteiger partial charge in [0.2, 0.25) is 0 Å². The van der Waals surface area contributed by atoms with Gasteiger partial charge >= 0.3 is 0 Å². The van der Waals surface area contributed by atoms with Gasteiger partial charge in [-0.25, -0.2) is 15.0 Å². The van der Waals surface area contributed by atoms with Gasteiger partial charge in [-0.1, -0.05) is 169 Å². The van der Waals surface area contributed by atoms with E-state index in [-0.39, 0.29) is 0 Å². The molecule has 0 N–H and O–H groups in total. The maximum atomic E-state index is 5.30. The van der Waals surface area contributed by atoms with Crippen LogP contribution in [0, 0.1) is 0 Å². The molecule has 4 nitrogen and oxygen atoms in total. The SMILES string of the molecule is c1ccc(-c2nc(-c3ccc4c(c3)C3(c5ccccc5Sc5ccccc53)c3cc(-c5cccc6cccnc56)ccc3-4)nc(-c3cccc4ccccc34)n2)cc1. The Balaban J connectivity index is 1.13. The first-order chi connectivity index (χ1) is 28.7. The monoisotopic (exact) mass is 756 g/mol. The molecule has 0 fully saturated rings. The Kier molecular flexibility index (Phi) is 7.34. The van der Waals surface area contributed by atoms with Crippen LogP contribution in [0.1, 0.15) is 22.3 Å². The summed E-state index contributed by atoms with van der Waals surface area (Å²) >= 11 is 1.85. The van der Waals surface area contributed by atoms with Crippen LogP contribution in [0.5, 0.6) is 0 Å². The summed E-state index contributed by atoms with van der Waals surface area (Å²) in [6, 6.07) is 67.3. The average Bonchev–Trinajstić information content (AvgIpc) is 3.58. The smallest absolute Gasteiger partial charge is 0.164 e. The number of benzene rings is 8. The molecule has 0 bridgehead atoms. The molecule has 2 aromatic heterocycles. The largest absolute Gasteiger partial charge is 0.256 e. The van der Waals surface area contributed by atoms with Gasteiger partial charge in [-0.2, -0.15) is 0 Å². The fourth-order valence-corrected chi connectivity index (χ4v) is 10.5. The van der Waals surface area contributed by atoms with E-state index in [0.29, 0.717) is 17.5 Å². The third-order valence-corrected chi connectivity index (χ3v) is 13.0. The number of nitrogens with zero attached hydrogens (tertiary/aromatic N) is 4. The van der Waals surface area contributed by atoms with Crippen LogP contribution in [0.25, 0.3) is 78.1 Å². The molecular formula is C53H32N4S. The molecule has 3 heterocycles. The summed E-state index contributed by atoms with van der Waals surface area (Å²) in [7, 11) is 0. The molecule has 0 saturated heterocycles. The fourth-order valence-electron chi connectivity index (χ4n) is 9.30.